The van der Waals surface area contributed by atoms with Crippen LogP contribution in [0.1, 0.15) is 17.0 Å². The molecule has 0 bridgehead atoms. The minimum atomic E-state index is -0.818. The van der Waals surface area contributed by atoms with E-state index in [0.29, 0.717) is 5.13 Å². The summed E-state index contributed by atoms with van der Waals surface area (Å²) in [4.78, 5) is 28.0. The van der Waals surface area contributed by atoms with Crippen molar-refractivity contribution in [2.45, 2.75) is 19.3 Å². The van der Waals surface area contributed by atoms with Gasteiger partial charge in [-0.2, -0.15) is 5.26 Å². The number of thiazole rings is 1. The number of aromatic nitrogens is 1. The number of nitriles is 1. The molecule has 0 fully saturated rings. The number of hydrogen-bond acceptors (Lipinski definition) is 5. The van der Waals surface area contributed by atoms with Gasteiger partial charge in [-0.15, -0.1) is 11.3 Å². The average molecular weight is 250 g/mol. The van der Waals surface area contributed by atoms with Crippen LogP contribution < -0.4 is 10.6 Å². The molecule has 0 radical (unpaired) electrons. The molecule has 88 valence electrons. The quantitative estimate of drug-likeness (QED) is 0.579. The Morgan fingerprint density at radius 2 is 2.24 bits per heavy atom. The van der Waals surface area contributed by atoms with Crippen LogP contribution in [-0.2, 0) is 22.4 Å². The molecule has 0 saturated carbocycles. The van der Waals surface area contributed by atoms with E-state index in [2.05, 4.69) is 15.6 Å². The molecule has 0 spiro atoms. The number of nitrogens with one attached hydrogen (secondary N) is 2. The lowest BCUT2D eigenvalue weighted by molar-refractivity contribution is -0.136. The molecule has 7 heteroatoms. The molecule has 1 aliphatic rings. The maximum absolute atomic E-state index is 11.4. The first-order chi connectivity index (χ1) is 8.20. The van der Waals surface area contributed by atoms with E-state index in [4.69, 9.17) is 5.26 Å². The van der Waals surface area contributed by atoms with Gasteiger partial charge in [-0.3, -0.25) is 14.9 Å². The second kappa shape index (κ2) is 4.93. The Balaban J connectivity index is 1.94. The number of carbonyl (C=O) groups excluding carboxylic acids is 2. The predicted molar refractivity (Wildman–Crippen MR) is 61.4 cm³/mol. The summed E-state index contributed by atoms with van der Waals surface area (Å²) in [7, 11) is 0. The lowest BCUT2D eigenvalue weighted by Crippen LogP contribution is -2.35. The van der Waals surface area contributed by atoms with Crippen molar-refractivity contribution in [2.24, 2.45) is 0 Å². The zero-order chi connectivity index (χ0) is 12.3. The molecule has 6 nitrogen and oxygen atoms in total. The normalized spacial score (nSPS) is 12.6. The smallest absolute Gasteiger partial charge is 0.315 e. The molecule has 0 unspecified atom stereocenters. The zero-order valence-electron chi connectivity index (χ0n) is 8.95. The summed E-state index contributed by atoms with van der Waals surface area (Å²) < 4.78 is 0. The van der Waals surface area contributed by atoms with Crippen LogP contribution in [0.15, 0.2) is 0 Å². The summed E-state index contributed by atoms with van der Waals surface area (Å²) in [5.74, 6) is -1.60. The van der Waals surface area contributed by atoms with Gasteiger partial charge < -0.3 is 5.32 Å². The van der Waals surface area contributed by atoms with Crippen molar-refractivity contribution in [2.75, 3.05) is 11.9 Å². The van der Waals surface area contributed by atoms with E-state index < -0.39 is 11.8 Å². The maximum Gasteiger partial charge on any atom is 0.315 e. The maximum atomic E-state index is 11.4. The summed E-state index contributed by atoms with van der Waals surface area (Å²) in [6, 6.07) is 1.72. The number of aryl methyl sites for hydroxylation is 2. The number of hydrogen-bond donors (Lipinski definition) is 2. The minimum absolute atomic E-state index is 0.180. The molecule has 1 heterocycles. The topological polar surface area (TPSA) is 94.9 Å². The van der Waals surface area contributed by atoms with Crippen molar-refractivity contribution in [3.8, 4) is 6.07 Å². The molecule has 0 saturated heterocycles. The third-order valence-electron chi connectivity index (χ3n) is 2.35. The molecule has 2 N–H and O–H groups in total. The van der Waals surface area contributed by atoms with E-state index >= 15 is 0 Å². The van der Waals surface area contributed by atoms with Gasteiger partial charge in [-0.1, -0.05) is 0 Å². The molecular formula is C10H10N4O2S. The number of fused-ring (bicyclic) bond motifs is 1. The fourth-order valence-electron chi connectivity index (χ4n) is 1.60. The second-order valence-electron chi connectivity index (χ2n) is 3.54. The van der Waals surface area contributed by atoms with Crippen LogP contribution in [0.3, 0.4) is 0 Å². The molecule has 1 aromatic heterocycles. The van der Waals surface area contributed by atoms with Gasteiger partial charge in [0.1, 0.15) is 6.54 Å². The minimum Gasteiger partial charge on any atom is -0.335 e. The van der Waals surface area contributed by atoms with Crippen molar-refractivity contribution in [3.63, 3.8) is 0 Å². The van der Waals surface area contributed by atoms with Crippen molar-refractivity contribution in [1.29, 1.82) is 5.26 Å². The van der Waals surface area contributed by atoms with Gasteiger partial charge in [0, 0.05) is 4.88 Å². The van der Waals surface area contributed by atoms with Crippen LogP contribution in [0.5, 0.6) is 0 Å². The average Bonchev–Trinajstić information content (AvgIpc) is 2.86. The van der Waals surface area contributed by atoms with Gasteiger partial charge in [-0.25, -0.2) is 4.98 Å². The first-order valence-corrected chi connectivity index (χ1v) is 5.97. The van der Waals surface area contributed by atoms with Gasteiger partial charge in [0.05, 0.1) is 11.8 Å². The van der Waals surface area contributed by atoms with Gasteiger partial charge in [0.15, 0.2) is 5.13 Å². The van der Waals surface area contributed by atoms with Crippen LogP contribution >= 0.6 is 11.3 Å². The first kappa shape index (κ1) is 11.5. The number of nitrogens with zero attached hydrogens (tertiary/aromatic N) is 2. The van der Waals surface area contributed by atoms with Crippen LogP contribution in [0, 0.1) is 11.3 Å². The van der Waals surface area contributed by atoms with Crippen molar-refractivity contribution in [3.05, 3.63) is 10.6 Å². The molecule has 0 atom stereocenters. The van der Waals surface area contributed by atoms with Crippen LogP contribution in [-0.4, -0.2) is 23.3 Å². The molecule has 2 amide bonds. The summed E-state index contributed by atoms with van der Waals surface area (Å²) in [6.07, 6.45) is 3.02. The van der Waals surface area contributed by atoms with Gasteiger partial charge in [0.2, 0.25) is 0 Å². The van der Waals surface area contributed by atoms with Crippen LogP contribution in [0.25, 0.3) is 0 Å². The van der Waals surface area contributed by atoms with E-state index in [1.54, 1.807) is 6.07 Å². The number of carbonyl (C=O) groups is 2. The highest BCUT2D eigenvalue weighted by molar-refractivity contribution is 7.16. The van der Waals surface area contributed by atoms with E-state index in [1.807, 2.05) is 0 Å². The molecular weight excluding hydrogens is 240 g/mol. The van der Waals surface area contributed by atoms with E-state index in [0.717, 1.165) is 25.0 Å². The summed E-state index contributed by atoms with van der Waals surface area (Å²) in [5.41, 5.74) is 1.02. The monoisotopic (exact) mass is 250 g/mol. The lowest BCUT2D eigenvalue weighted by Gasteiger charge is -2.00. The highest BCUT2D eigenvalue weighted by atomic mass is 32.1. The Hall–Kier alpha value is -1.94. The lowest BCUT2D eigenvalue weighted by atomic mass is 10.4. The Kier molecular flexibility index (Phi) is 3.35. The Morgan fingerprint density at radius 3 is 2.94 bits per heavy atom. The van der Waals surface area contributed by atoms with E-state index in [9.17, 15) is 9.59 Å². The molecule has 1 aromatic rings. The number of rotatable bonds is 2. The largest absolute Gasteiger partial charge is 0.335 e. The second-order valence-corrected chi connectivity index (χ2v) is 4.62. The fourth-order valence-corrected chi connectivity index (χ4v) is 2.64. The van der Waals surface area contributed by atoms with Gasteiger partial charge in [0.25, 0.3) is 0 Å². The molecule has 2 rings (SSSR count). The zero-order valence-corrected chi connectivity index (χ0v) is 9.76. The number of anilines is 1. The number of amides is 2. The SMILES string of the molecule is N#CCNC(=O)C(=O)Nc1nc2c(s1)CCC2. The Labute approximate surface area is 102 Å². The van der Waals surface area contributed by atoms with Gasteiger partial charge >= 0.3 is 11.8 Å². The first-order valence-electron chi connectivity index (χ1n) is 5.15. The molecule has 17 heavy (non-hydrogen) atoms. The summed E-state index contributed by atoms with van der Waals surface area (Å²) in [5, 5.41) is 13.3. The third kappa shape index (κ3) is 2.60. The van der Waals surface area contributed by atoms with Crippen molar-refractivity contribution in [1.82, 2.24) is 10.3 Å². The highest BCUT2D eigenvalue weighted by Gasteiger charge is 2.19. The molecule has 1 aliphatic carbocycles. The van der Waals surface area contributed by atoms with Crippen molar-refractivity contribution < 1.29 is 9.59 Å². The summed E-state index contributed by atoms with van der Waals surface area (Å²) in [6.45, 7) is -0.180. The van der Waals surface area contributed by atoms with Crippen molar-refractivity contribution >= 4 is 28.3 Å². The highest BCUT2D eigenvalue weighted by Crippen LogP contribution is 2.30. The van der Waals surface area contributed by atoms with Crippen LogP contribution in [0.4, 0.5) is 5.13 Å². The predicted octanol–water partition coefficient (Wildman–Crippen LogP) is 0.210. The third-order valence-corrected chi connectivity index (χ3v) is 3.42. The molecule has 0 aliphatic heterocycles. The fraction of sp³-hybridized carbons (Fsp3) is 0.400. The van der Waals surface area contributed by atoms with E-state index in [1.165, 1.54) is 16.2 Å². The van der Waals surface area contributed by atoms with Gasteiger partial charge in [-0.05, 0) is 19.3 Å². The Bertz CT molecular complexity index is 481. The summed E-state index contributed by atoms with van der Waals surface area (Å²) >= 11 is 1.40. The Morgan fingerprint density at radius 1 is 1.41 bits per heavy atom. The molecule has 0 aromatic carbocycles. The van der Waals surface area contributed by atoms with Crippen LogP contribution in [0.2, 0.25) is 0 Å². The van der Waals surface area contributed by atoms with E-state index in [-0.39, 0.29) is 6.54 Å². The standard InChI is InChI=1S/C10H10N4O2S/c11-4-5-12-8(15)9(16)14-10-13-6-2-1-3-7(6)17-10/h1-3,5H2,(H,12,15)(H,13,14,16).